The van der Waals surface area contributed by atoms with E-state index in [1.165, 1.54) is 24.8 Å². The van der Waals surface area contributed by atoms with Crippen molar-refractivity contribution in [1.82, 2.24) is 15.1 Å². The Morgan fingerprint density at radius 2 is 1.95 bits per heavy atom. The summed E-state index contributed by atoms with van der Waals surface area (Å²) >= 11 is 0. The molecule has 1 aromatic carbocycles. The highest BCUT2D eigenvalue weighted by atomic mass is 15.4. The summed E-state index contributed by atoms with van der Waals surface area (Å²) in [7, 11) is 0. The summed E-state index contributed by atoms with van der Waals surface area (Å²) in [5, 5.41) is 3.44. The van der Waals surface area contributed by atoms with E-state index in [1.807, 2.05) is 0 Å². The third-order valence-electron chi connectivity index (χ3n) is 5.10. The first-order valence-electron chi connectivity index (χ1n) is 8.23. The van der Waals surface area contributed by atoms with Crippen LogP contribution in [-0.4, -0.2) is 54.0 Å². The van der Waals surface area contributed by atoms with Crippen LogP contribution >= 0.6 is 0 Å². The maximum atomic E-state index is 4.61. The molecule has 3 aliphatic rings. The number of fused-ring (bicyclic) bond motifs is 2. The Balaban J connectivity index is 1.48. The Hall–Kier alpha value is -1.55. The van der Waals surface area contributed by atoms with Crippen molar-refractivity contribution in [1.29, 1.82) is 0 Å². The second kappa shape index (κ2) is 5.68. The Bertz CT molecular complexity index is 513. The number of nitrogens with zero attached hydrogens (tertiary/aromatic N) is 3. The zero-order valence-corrected chi connectivity index (χ0v) is 12.5. The third kappa shape index (κ3) is 2.64. The third-order valence-corrected chi connectivity index (χ3v) is 5.10. The van der Waals surface area contributed by atoms with Crippen LogP contribution in [0.4, 0.5) is 0 Å². The molecule has 4 rings (SSSR count). The van der Waals surface area contributed by atoms with Crippen molar-refractivity contribution < 1.29 is 0 Å². The largest absolute Gasteiger partial charge is 0.354 e. The normalized spacial score (nSPS) is 29.1. The molecule has 21 heavy (non-hydrogen) atoms. The van der Waals surface area contributed by atoms with Crippen molar-refractivity contribution in [3.63, 3.8) is 0 Å². The van der Waals surface area contributed by atoms with Gasteiger partial charge in [-0.2, -0.15) is 0 Å². The molecular formula is C17H24N4. The minimum Gasteiger partial charge on any atom is -0.354 e. The van der Waals surface area contributed by atoms with Gasteiger partial charge in [0, 0.05) is 38.3 Å². The lowest BCUT2D eigenvalue weighted by atomic mass is 10.1. The number of hydrogen-bond acceptors (Lipinski definition) is 4. The van der Waals surface area contributed by atoms with Gasteiger partial charge in [-0.25, -0.2) is 0 Å². The summed E-state index contributed by atoms with van der Waals surface area (Å²) in [5.41, 5.74) is 1.44. The molecule has 0 spiro atoms. The minimum atomic E-state index is 0.683. The molecule has 2 fully saturated rings. The molecule has 0 radical (unpaired) electrons. The van der Waals surface area contributed by atoms with E-state index in [4.69, 9.17) is 0 Å². The van der Waals surface area contributed by atoms with Gasteiger partial charge in [0.25, 0.3) is 0 Å². The van der Waals surface area contributed by atoms with Gasteiger partial charge in [-0.05, 0) is 24.8 Å². The van der Waals surface area contributed by atoms with Crippen molar-refractivity contribution in [2.75, 3.05) is 26.2 Å². The SMILES string of the molecule is c1ccc(CN2C3CCC2CN(C2=NCCN2)CC3)cc1. The molecule has 2 unspecified atom stereocenters. The van der Waals surface area contributed by atoms with E-state index in [2.05, 4.69) is 50.4 Å². The van der Waals surface area contributed by atoms with Crippen LogP contribution in [0.1, 0.15) is 24.8 Å². The van der Waals surface area contributed by atoms with Gasteiger partial charge >= 0.3 is 0 Å². The predicted molar refractivity (Wildman–Crippen MR) is 85.3 cm³/mol. The molecule has 1 N–H and O–H groups in total. The van der Waals surface area contributed by atoms with Gasteiger partial charge in [0.2, 0.25) is 0 Å². The lowest BCUT2D eigenvalue weighted by Gasteiger charge is -2.29. The molecule has 3 aliphatic heterocycles. The summed E-state index contributed by atoms with van der Waals surface area (Å²) in [4.78, 5) is 9.83. The van der Waals surface area contributed by atoms with Crippen LogP contribution < -0.4 is 5.32 Å². The van der Waals surface area contributed by atoms with Crippen molar-refractivity contribution in [3.8, 4) is 0 Å². The molecule has 4 heteroatoms. The highest BCUT2D eigenvalue weighted by molar-refractivity contribution is 5.81. The lowest BCUT2D eigenvalue weighted by Crippen LogP contribution is -2.44. The fraction of sp³-hybridized carbons (Fsp3) is 0.588. The van der Waals surface area contributed by atoms with E-state index in [0.717, 1.165) is 44.7 Å². The van der Waals surface area contributed by atoms with Gasteiger partial charge in [-0.1, -0.05) is 30.3 Å². The van der Waals surface area contributed by atoms with Crippen LogP contribution in [0, 0.1) is 0 Å². The number of rotatable bonds is 2. The Morgan fingerprint density at radius 3 is 2.76 bits per heavy atom. The van der Waals surface area contributed by atoms with Crippen LogP contribution in [-0.2, 0) is 6.54 Å². The average molecular weight is 284 g/mol. The molecule has 112 valence electrons. The van der Waals surface area contributed by atoms with Gasteiger partial charge in [-0.15, -0.1) is 0 Å². The van der Waals surface area contributed by atoms with Crippen LogP contribution in [0.5, 0.6) is 0 Å². The zero-order valence-electron chi connectivity index (χ0n) is 12.5. The fourth-order valence-electron chi connectivity index (χ4n) is 4.01. The van der Waals surface area contributed by atoms with Crippen molar-refractivity contribution in [2.24, 2.45) is 4.99 Å². The highest BCUT2D eigenvalue weighted by Gasteiger charge is 2.37. The van der Waals surface area contributed by atoms with Crippen LogP contribution in [0.15, 0.2) is 35.3 Å². The van der Waals surface area contributed by atoms with Gasteiger partial charge in [0.05, 0.1) is 6.54 Å². The summed E-state index contributed by atoms with van der Waals surface area (Å²) in [6.07, 6.45) is 3.97. The smallest absolute Gasteiger partial charge is 0.194 e. The maximum absolute atomic E-state index is 4.61. The number of likely N-dealkylation sites (tertiary alicyclic amines) is 1. The number of benzene rings is 1. The molecule has 2 bridgehead atoms. The zero-order chi connectivity index (χ0) is 14.1. The molecule has 2 atom stereocenters. The topological polar surface area (TPSA) is 30.9 Å². The van der Waals surface area contributed by atoms with E-state index in [-0.39, 0.29) is 0 Å². The van der Waals surface area contributed by atoms with E-state index in [1.54, 1.807) is 0 Å². The number of hydrogen-bond donors (Lipinski definition) is 1. The van der Waals surface area contributed by atoms with E-state index < -0.39 is 0 Å². The summed E-state index contributed by atoms with van der Waals surface area (Å²) < 4.78 is 0. The van der Waals surface area contributed by atoms with E-state index in [9.17, 15) is 0 Å². The standard InChI is InChI=1S/C17H24N4/c1-2-4-14(5-3-1)12-21-15-6-7-16(21)13-20(11-8-15)17-18-9-10-19-17/h1-5,15-16H,6-13H2,(H,18,19). The lowest BCUT2D eigenvalue weighted by molar-refractivity contribution is 0.188. The summed E-state index contributed by atoms with van der Waals surface area (Å²) in [6.45, 7) is 5.33. The molecule has 0 saturated carbocycles. The van der Waals surface area contributed by atoms with Crippen LogP contribution in [0.2, 0.25) is 0 Å². The van der Waals surface area contributed by atoms with E-state index >= 15 is 0 Å². The first-order valence-corrected chi connectivity index (χ1v) is 8.23. The van der Waals surface area contributed by atoms with Gasteiger partial charge in [0.15, 0.2) is 5.96 Å². The average Bonchev–Trinajstić information content (AvgIpc) is 3.10. The number of guanidine groups is 1. The predicted octanol–water partition coefficient (Wildman–Crippen LogP) is 1.68. The molecule has 2 saturated heterocycles. The Kier molecular flexibility index (Phi) is 3.55. The van der Waals surface area contributed by atoms with Gasteiger partial charge in [-0.3, -0.25) is 9.89 Å². The maximum Gasteiger partial charge on any atom is 0.194 e. The highest BCUT2D eigenvalue weighted by Crippen LogP contribution is 2.31. The molecule has 0 amide bonds. The second-order valence-electron chi connectivity index (χ2n) is 6.41. The monoisotopic (exact) mass is 284 g/mol. The van der Waals surface area contributed by atoms with Gasteiger partial charge < -0.3 is 10.2 Å². The van der Waals surface area contributed by atoms with Crippen molar-refractivity contribution in [3.05, 3.63) is 35.9 Å². The first-order chi connectivity index (χ1) is 10.4. The molecule has 0 aromatic heterocycles. The van der Waals surface area contributed by atoms with Crippen LogP contribution in [0.25, 0.3) is 0 Å². The molecular weight excluding hydrogens is 260 g/mol. The summed E-state index contributed by atoms with van der Waals surface area (Å²) in [5.74, 6) is 1.14. The number of aliphatic imine (C=N–C) groups is 1. The Labute approximate surface area is 126 Å². The summed E-state index contributed by atoms with van der Waals surface area (Å²) in [6, 6.07) is 12.4. The molecule has 0 aliphatic carbocycles. The van der Waals surface area contributed by atoms with Crippen molar-refractivity contribution >= 4 is 5.96 Å². The molecule has 1 aromatic rings. The van der Waals surface area contributed by atoms with Gasteiger partial charge in [0.1, 0.15) is 0 Å². The fourth-order valence-corrected chi connectivity index (χ4v) is 4.01. The second-order valence-corrected chi connectivity index (χ2v) is 6.41. The minimum absolute atomic E-state index is 0.683. The van der Waals surface area contributed by atoms with Crippen molar-refractivity contribution in [2.45, 2.75) is 37.9 Å². The van der Waals surface area contributed by atoms with E-state index in [0.29, 0.717) is 6.04 Å². The first kappa shape index (κ1) is 13.1. The molecule has 3 heterocycles. The number of nitrogens with one attached hydrogen (secondary N) is 1. The Morgan fingerprint density at radius 1 is 1.10 bits per heavy atom. The quantitative estimate of drug-likeness (QED) is 0.896. The molecule has 4 nitrogen and oxygen atoms in total. The van der Waals surface area contributed by atoms with Crippen LogP contribution in [0.3, 0.4) is 0 Å².